The zero-order chi connectivity index (χ0) is 23.7. The number of rotatable bonds is 4. The molecular formula is C26H27N5O3. The van der Waals surface area contributed by atoms with Gasteiger partial charge < -0.3 is 19.7 Å². The second-order valence-corrected chi connectivity index (χ2v) is 8.72. The minimum Gasteiger partial charge on any atom is -0.368 e. The summed E-state index contributed by atoms with van der Waals surface area (Å²) in [4.78, 5) is 46.0. The molecule has 0 radical (unpaired) electrons. The number of piperazine rings is 1. The summed E-state index contributed by atoms with van der Waals surface area (Å²) in [7, 11) is 0. The maximum absolute atomic E-state index is 13.3. The number of benzene rings is 1. The molecule has 34 heavy (non-hydrogen) atoms. The van der Waals surface area contributed by atoms with E-state index in [9.17, 15) is 14.4 Å². The van der Waals surface area contributed by atoms with Gasteiger partial charge in [0, 0.05) is 63.1 Å². The number of amides is 2. The number of nitrogens with one attached hydrogen (secondary N) is 1. The smallest absolute Gasteiger partial charge is 0.263 e. The number of hydrogen-bond acceptors (Lipinski definition) is 5. The van der Waals surface area contributed by atoms with Crippen LogP contribution >= 0.6 is 0 Å². The van der Waals surface area contributed by atoms with Crippen molar-refractivity contribution in [2.24, 2.45) is 0 Å². The molecule has 8 heteroatoms. The van der Waals surface area contributed by atoms with Gasteiger partial charge in [-0.1, -0.05) is 12.1 Å². The van der Waals surface area contributed by atoms with Gasteiger partial charge in [0.2, 0.25) is 5.91 Å². The first kappa shape index (κ1) is 21.9. The number of nitrogens with zero attached hydrogens (tertiary/aromatic N) is 4. The van der Waals surface area contributed by atoms with E-state index in [1.807, 2.05) is 11.0 Å². The van der Waals surface area contributed by atoms with Crippen molar-refractivity contribution >= 4 is 23.2 Å². The van der Waals surface area contributed by atoms with Crippen LogP contribution in [0.2, 0.25) is 0 Å². The normalized spacial score (nSPS) is 17.4. The SMILES string of the molecule is CC(=O)N1CCN(c2cccc3c2CCC3n2cccc(C(=O)Nc3ccncc3)c2=O)CC1. The second-order valence-electron chi connectivity index (χ2n) is 8.72. The van der Waals surface area contributed by atoms with Crippen LogP contribution in [0.3, 0.4) is 0 Å². The predicted octanol–water partition coefficient (Wildman–Crippen LogP) is 2.70. The lowest BCUT2D eigenvalue weighted by atomic mass is 10.0. The monoisotopic (exact) mass is 457 g/mol. The largest absolute Gasteiger partial charge is 0.368 e. The molecule has 3 heterocycles. The van der Waals surface area contributed by atoms with E-state index in [0.29, 0.717) is 5.69 Å². The number of carbonyl (C=O) groups excluding carboxylic acids is 2. The molecule has 1 aromatic carbocycles. The highest BCUT2D eigenvalue weighted by Gasteiger charge is 2.30. The number of fused-ring (bicyclic) bond motifs is 1. The number of hydrogen-bond donors (Lipinski definition) is 1. The van der Waals surface area contributed by atoms with Crippen LogP contribution < -0.4 is 15.8 Å². The van der Waals surface area contributed by atoms with E-state index in [-0.39, 0.29) is 23.1 Å². The summed E-state index contributed by atoms with van der Waals surface area (Å²) in [5.74, 6) is -0.314. The van der Waals surface area contributed by atoms with Crippen molar-refractivity contribution < 1.29 is 9.59 Å². The molecule has 1 N–H and O–H groups in total. The molecule has 2 aromatic heterocycles. The van der Waals surface area contributed by atoms with E-state index >= 15 is 0 Å². The molecule has 1 aliphatic heterocycles. The van der Waals surface area contributed by atoms with Crippen LogP contribution in [0.15, 0.2) is 65.8 Å². The Bertz CT molecular complexity index is 1280. The maximum atomic E-state index is 13.3. The Morgan fingerprint density at radius 1 is 1.00 bits per heavy atom. The van der Waals surface area contributed by atoms with E-state index in [1.54, 1.807) is 54.3 Å². The molecule has 8 nitrogen and oxygen atoms in total. The van der Waals surface area contributed by atoms with Crippen molar-refractivity contribution in [3.05, 3.63) is 88.1 Å². The van der Waals surface area contributed by atoms with Crippen LogP contribution in [0.25, 0.3) is 0 Å². The summed E-state index contributed by atoms with van der Waals surface area (Å²) in [5, 5.41) is 2.77. The second kappa shape index (κ2) is 9.13. The summed E-state index contributed by atoms with van der Waals surface area (Å²) < 4.78 is 1.69. The van der Waals surface area contributed by atoms with E-state index < -0.39 is 5.91 Å². The fraction of sp³-hybridized carbons (Fsp3) is 0.308. The van der Waals surface area contributed by atoms with Crippen LogP contribution in [0.5, 0.6) is 0 Å². The average molecular weight is 458 g/mol. The van der Waals surface area contributed by atoms with Crippen LogP contribution in [0.4, 0.5) is 11.4 Å². The molecule has 0 saturated carbocycles. The van der Waals surface area contributed by atoms with E-state index in [1.165, 1.54) is 11.3 Å². The summed E-state index contributed by atoms with van der Waals surface area (Å²) >= 11 is 0. The standard InChI is InChI=1S/C26H27N5O3/c1-18(32)29-14-16-30(17-15-29)23-6-2-4-20-21(23)7-8-24(20)31-13-3-5-22(26(31)34)25(33)28-19-9-11-27-12-10-19/h2-6,9-13,24H,7-8,14-17H2,1H3,(H,27,28,33). The maximum Gasteiger partial charge on any atom is 0.263 e. The van der Waals surface area contributed by atoms with Gasteiger partial charge in [0.1, 0.15) is 5.56 Å². The van der Waals surface area contributed by atoms with Crippen molar-refractivity contribution in [2.45, 2.75) is 25.8 Å². The Morgan fingerprint density at radius 3 is 2.50 bits per heavy atom. The number of aromatic nitrogens is 2. The van der Waals surface area contributed by atoms with Crippen LogP contribution in [0, 0.1) is 0 Å². The molecule has 0 bridgehead atoms. The summed E-state index contributed by atoms with van der Waals surface area (Å²) in [6, 6.07) is 12.8. The molecule has 5 rings (SSSR count). The first-order valence-electron chi connectivity index (χ1n) is 11.6. The number of carbonyl (C=O) groups is 2. The minimum atomic E-state index is -0.430. The van der Waals surface area contributed by atoms with Gasteiger partial charge in [-0.15, -0.1) is 0 Å². The molecule has 0 spiro atoms. The summed E-state index contributed by atoms with van der Waals surface area (Å²) in [6.07, 6.45) is 6.61. The van der Waals surface area contributed by atoms with Crippen LogP contribution in [-0.4, -0.2) is 52.4 Å². The predicted molar refractivity (Wildman–Crippen MR) is 130 cm³/mol. The average Bonchev–Trinajstić information content (AvgIpc) is 3.29. The molecule has 1 fully saturated rings. The summed E-state index contributed by atoms with van der Waals surface area (Å²) in [5.41, 5.74) is 3.97. The third kappa shape index (κ3) is 4.07. The lowest BCUT2D eigenvalue weighted by Crippen LogP contribution is -2.48. The highest BCUT2D eigenvalue weighted by Crippen LogP contribution is 2.39. The molecule has 3 aromatic rings. The highest BCUT2D eigenvalue weighted by atomic mass is 16.2. The zero-order valence-electron chi connectivity index (χ0n) is 19.1. The Kier molecular flexibility index (Phi) is 5.88. The quantitative estimate of drug-likeness (QED) is 0.651. The van der Waals surface area contributed by atoms with E-state index in [2.05, 4.69) is 27.3 Å². The molecule has 1 atom stereocenters. The molecule has 2 amide bonds. The number of pyridine rings is 2. The zero-order valence-corrected chi connectivity index (χ0v) is 19.1. The third-order valence-corrected chi connectivity index (χ3v) is 6.77. The lowest BCUT2D eigenvalue weighted by molar-refractivity contribution is -0.129. The van der Waals surface area contributed by atoms with Gasteiger partial charge >= 0.3 is 0 Å². The van der Waals surface area contributed by atoms with Crippen molar-refractivity contribution in [3.63, 3.8) is 0 Å². The van der Waals surface area contributed by atoms with Gasteiger partial charge in [-0.3, -0.25) is 19.4 Å². The van der Waals surface area contributed by atoms with Crippen molar-refractivity contribution in [3.8, 4) is 0 Å². The van der Waals surface area contributed by atoms with Gasteiger partial charge in [0.05, 0.1) is 6.04 Å². The molecule has 1 aliphatic carbocycles. The van der Waals surface area contributed by atoms with E-state index in [4.69, 9.17) is 0 Å². The molecule has 174 valence electrons. The third-order valence-electron chi connectivity index (χ3n) is 6.77. The minimum absolute atomic E-state index is 0.115. The van der Waals surface area contributed by atoms with Gasteiger partial charge in [0.15, 0.2) is 0 Å². The Morgan fingerprint density at radius 2 is 1.76 bits per heavy atom. The van der Waals surface area contributed by atoms with Crippen molar-refractivity contribution in [2.75, 3.05) is 36.4 Å². The van der Waals surface area contributed by atoms with Gasteiger partial charge in [0.25, 0.3) is 11.5 Å². The Balaban J connectivity index is 1.41. The van der Waals surface area contributed by atoms with Crippen LogP contribution in [0.1, 0.15) is 40.9 Å². The highest BCUT2D eigenvalue weighted by molar-refractivity contribution is 6.03. The fourth-order valence-corrected chi connectivity index (χ4v) is 5.02. The molecule has 1 saturated heterocycles. The van der Waals surface area contributed by atoms with Gasteiger partial charge in [-0.05, 0) is 54.3 Å². The first-order chi connectivity index (χ1) is 16.5. The fourth-order valence-electron chi connectivity index (χ4n) is 5.02. The molecule has 2 aliphatic rings. The van der Waals surface area contributed by atoms with Crippen LogP contribution in [-0.2, 0) is 11.2 Å². The van der Waals surface area contributed by atoms with Crippen molar-refractivity contribution in [1.82, 2.24) is 14.5 Å². The van der Waals surface area contributed by atoms with Crippen molar-refractivity contribution in [1.29, 1.82) is 0 Å². The van der Waals surface area contributed by atoms with Gasteiger partial charge in [-0.2, -0.15) is 0 Å². The number of anilines is 2. The molecular weight excluding hydrogens is 430 g/mol. The Labute approximate surface area is 197 Å². The lowest BCUT2D eigenvalue weighted by Gasteiger charge is -2.36. The molecule has 1 unspecified atom stereocenters. The first-order valence-corrected chi connectivity index (χ1v) is 11.6. The Hall–Kier alpha value is -3.94. The summed E-state index contributed by atoms with van der Waals surface area (Å²) in [6.45, 7) is 4.65. The van der Waals surface area contributed by atoms with E-state index in [0.717, 1.165) is 44.6 Å². The topological polar surface area (TPSA) is 87.5 Å². The van der Waals surface area contributed by atoms with Gasteiger partial charge in [-0.25, -0.2) is 0 Å².